The first-order chi connectivity index (χ1) is 8.83. The molecule has 18 heavy (non-hydrogen) atoms. The first-order valence-corrected chi connectivity index (χ1v) is 8.22. The lowest BCUT2D eigenvalue weighted by Crippen LogP contribution is -2.43. The molecule has 1 saturated carbocycles. The summed E-state index contributed by atoms with van der Waals surface area (Å²) in [5.74, 6) is 2.00. The van der Waals surface area contributed by atoms with Crippen LogP contribution in [0.3, 0.4) is 0 Å². The van der Waals surface area contributed by atoms with Gasteiger partial charge in [-0.3, -0.25) is 0 Å². The van der Waals surface area contributed by atoms with E-state index >= 15 is 0 Å². The van der Waals surface area contributed by atoms with Crippen LogP contribution in [0, 0.1) is 11.8 Å². The third-order valence-electron chi connectivity index (χ3n) is 5.30. The minimum atomic E-state index is 0.925. The highest BCUT2D eigenvalue weighted by molar-refractivity contribution is 4.83. The van der Waals surface area contributed by atoms with Gasteiger partial charge in [0.05, 0.1) is 0 Å². The van der Waals surface area contributed by atoms with Crippen molar-refractivity contribution in [1.82, 2.24) is 10.2 Å². The lowest BCUT2D eigenvalue weighted by atomic mass is 9.82. The highest BCUT2D eigenvalue weighted by Gasteiger charge is 2.28. The Balaban J connectivity index is 1.72. The molecule has 1 aliphatic heterocycles. The van der Waals surface area contributed by atoms with E-state index in [4.69, 9.17) is 0 Å². The first-order valence-electron chi connectivity index (χ1n) is 8.22. The van der Waals surface area contributed by atoms with E-state index in [-0.39, 0.29) is 0 Å². The molecule has 2 heteroatoms. The van der Waals surface area contributed by atoms with Crippen LogP contribution in [-0.4, -0.2) is 37.6 Å². The Morgan fingerprint density at radius 3 is 2.50 bits per heavy atom. The smallest absolute Gasteiger partial charge is 0.00978 e. The van der Waals surface area contributed by atoms with Crippen molar-refractivity contribution < 1.29 is 0 Å². The normalized spacial score (nSPS) is 31.7. The van der Waals surface area contributed by atoms with Crippen molar-refractivity contribution in [2.75, 3.05) is 26.7 Å². The van der Waals surface area contributed by atoms with Crippen molar-refractivity contribution in [2.45, 2.75) is 64.3 Å². The first kappa shape index (κ1) is 14.3. The van der Waals surface area contributed by atoms with Gasteiger partial charge in [-0.1, -0.05) is 26.2 Å². The predicted molar refractivity (Wildman–Crippen MR) is 78.9 cm³/mol. The van der Waals surface area contributed by atoms with Gasteiger partial charge in [0.15, 0.2) is 0 Å². The molecule has 0 aromatic heterocycles. The van der Waals surface area contributed by atoms with Crippen molar-refractivity contribution in [3.8, 4) is 0 Å². The molecule has 1 heterocycles. The summed E-state index contributed by atoms with van der Waals surface area (Å²) in [6, 6.07) is 0.925. The molecule has 2 unspecified atom stereocenters. The minimum absolute atomic E-state index is 0.925. The molecule has 0 radical (unpaired) electrons. The number of rotatable bonds is 5. The Morgan fingerprint density at radius 1 is 1.06 bits per heavy atom. The Morgan fingerprint density at radius 2 is 1.83 bits per heavy atom. The van der Waals surface area contributed by atoms with E-state index in [1.807, 2.05) is 0 Å². The van der Waals surface area contributed by atoms with Gasteiger partial charge in [0.1, 0.15) is 0 Å². The molecule has 2 atom stereocenters. The van der Waals surface area contributed by atoms with Crippen molar-refractivity contribution in [3.63, 3.8) is 0 Å². The van der Waals surface area contributed by atoms with Crippen molar-refractivity contribution in [1.29, 1.82) is 0 Å². The van der Waals surface area contributed by atoms with Crippen LogP contribution >= 0.6 is 0 Å². The van der Waals surface area contributed by atoms with E-state index in [1.54, 1.807) is 0 Å². The van der Waals surface area contributed by atoms with Gasteiger partial charge in [-0.15, -0.1) is 0 Å². The molecule has 0 amide bonds. The van der Waals surface area contributed by atoms with Gasteiger partial charge in [-0.25, -0.2) is 0 Å². The Kier molecular flexibility index (Phi) is 5.97. The maximum absolute atomic E-state index is 3.29. The van der Waals surface area contributed by atoms with Crippen molar-refractivity contribution >= 4 is 0 Å². The number of likely N-dealkylation sites (tertiary alicyclic amines) is 1. The van der Waals surface area contributed by atoms with Gasteiger partial charge in [-0.2, -0.15) is 0 Å². The maximum atomic E-state index is 3.29. The molecule has 2 aliphatic rings. The number of hydrogen-bond acceptors (Lipinski definition) is 2. The van der Waals surface area contributed by atoms with Crippen LogP contribution in [0.15, 0.2) is 0 Å². The topological polar surface area (TPSA) is 15.3 Å². The number of hydrogen-bond donors (Lipinski definition) is 1. The largest absolute Gasteiger partial charge is 0.320 e. The predicted octanol–water partition coefficient (Wildman–Crippen LogP) is 3.28. The molecule has 1 aliphatic carbocycles. The molecule has 0 bridgehead atoms. The number of nitrogens with one attached hydrogen (secondary N) is 1. The van der Waals surface area contributed by atoms with Crippen LogP contribution < -0.4 is 5.32 Å². The van der Waals surface area contributed by atoms with Crippen LogP contribution in [-0.2, 0) is 0 Å². The zero-order chi connectivity index (χ0) is 12.8. The second kappa shape index (κ2) is 7.49. The molecular formula is C16H32N2. The zero-order valence-corrected chi connectivity index (χ0v) is 12.5. The highest BCUT2D eigenvalue weighted by Crippen LogP contribution is 2.32. The van der Waals surface area contributed by atoms with Gasteiger partial charge in [0, 0.05) is 6.04 Å². The molecule has 106 valence electrons. The standard InChI is InChI=1S/C16H32N2/c1-3-14-5-4-6-16(13-14)18-11-8-15(9-12-18)7-10-17-2/h14-17H,3-13H2,1-2H3. The van der Waals surface area contributed by atoms with E-state index in [0.29, 0.717) is 0 Å². The summed E-state index contributed by atoms with van der Waals surface area (Å²) in [6.45, 7) is 6.31. The minimum Gasteiger partial charge on any atom is -0.320 e. The molecule has 0 spiro atoms. The maximum Gasteiger partial charge on any atom is 0.00978 e. The summed E-state index contributed by atoms with van der Waals surface area (Å²) in [7, 11) is 2.07. The van der Waals surface area contributed by atoms with Crippen LogP contribution in [0.4, 0.5) is 0 Å². The van der Waals surface area contributed by atoms with Gasteiger partial charge in [0.2, 0.25) is 0 Å². The Labute approximate surface area is 114 Å². The van der Waals surface area contributed by atoms with Gasteiger partial charge in [0.25, 0.3) is 0 Å². The molecule has 2 nitrogen and oxygen atoms in total. The Bertz CT molecular complexity index is 221. The van der Waals surface area contributed by atoms with Crippen LogP contribution in [0.1, 0.15) is 58.3 Å². The summed E-state index contributed by atoms with van der Waals surface area (Å²) < 4.78 is 0. The summed E-state index contributed by atoms with van der Waals surface area (Å²) in [6.07, 6.45) is 11.6. The average molecular weight is 252 g/mol. The third-order valence-corrected chi connectivity index (χ3v) is 5.30. The fourth-order valence-electron chi connectivity index (χ4n) is 3.92. The fraction of sp³-hybridized carbons (Fsp3) is 1.00. The average Bonchev–Trinajstić information content (AvgIpc) is 2.46. The molecule has 2 rings (SSSR count). The lowest BCUT2D eigenvalue weighted by Gasteiger charge is -2.41. The van der Waals surface area contributed by atoms with E-state index in [2.05, 4.69) is 24.2 Å². The Hall–Kier alpha value is -0.0800. The van der Waals surface area contributed by atoms with E-state index < -0.39 is 0 Å². The zero-order valence-electron chi connectivity index (χ0n) is 12.5. The second-order valence-corrected chi connectivity index (χ2v) is 6.47. The molecule has 1 N–H and O–H groups in total. The summed E-state index contributed by atoms with van der Waals surface area (Å²) in [5.41, 5.74) is 0. The number of piperidine rings is 1. The molecule has 0 aromatic rings. The SMILES string of the molecule is CCC1CCCC(N2CCC(CCNC)CC2)C1. The molecule has 2 fully saturated rings. The highest BCUT2D eigenvalue weighted by atomic mass is 15.2. The van der Waals surface area contributed by atoms with Gasteiger partial charge >= 0.3 is 0 Å². The van der Waals surface area contributed by atoms with E-state index in [1.165, 1.54) is 71.0 Å². The monoisotopic (exact) mass is 252 g/mol. The van der Waals surface area contributed by atoms with Gasteiger partial charge < -0.3 is 10.2 Å². The fourth-order valence-corrected chi connectivity index (χ4v) is 3.92. The van der Waals surface area contributed by atoms with Crippen LogP contribution in [0.25, 0.3) is 0 Å². The summed E-state index contributed by atoms with van der Waals surface area (Å²) in [5, 5.41) is 3.29. The quantitative estimate of drug-likeness (QED) is 0.808. The second-order valence-electron chi connectivity index (χ2n) is 6.47. The van der Waals surface area contributed by atoms with Crippen molar-refractivity contribution in [2.24, 2.45) is 11.8 Å². The lowest BCUT2D eigenvalue weighted by molar-refractivity contribution is 0.0869. The van der Waals surface area contributed by atoms with E-state index in [0.717, 1.165) is 17.9 Å². The van der Waals surface area contributed by atoms with Crippen molar-refractivity contribution in [3.05, 3.63) is 0 Å². The number of nitrogens with zero attached hydrogens (tertiary/aromatic N) is 1. The molecule has 1 saturated heterocycles. The third kappa shape index (κ3) is 3.96. The molecular weight excluding hydrogens is 220 g/mol. The van der Waals surface area contributed by atoms with Gasteiger partial charge in [-0.05, 0) is 70.6 Å². The summed E-state index contributed by atoms with van der Waals surface area (Å²) >= 11 is 0. The molecule has 0 aromatic carbocycles. The summed E-state index contributed by atoms with van der Waals surface area (Å²) in [4.78, 5) is 2.82. The van der Waals surface area contributed by atoms with Crippen LogP contribution in [0.2, 0.25) is 0 Å². The van der Waals surface area contributed by atoms with E-state index in [9.17, 15) is 0 Å². The van der Waals surface area contributed by atoms with Crippen LogP contribution in [0.5, 0.6) is 0 Å².